The van der Waals surface area contributed by atoms with Crippen molar-refractivity contribution in [3.63, 3.8) is 0 Å². The van der Waals surface area contributed by atoms with Crippen LogP contribution in [-0.2, 0) is 7.05 Å². The Morgan fingerprint density at radius 2 is 1.93 bits per heavy atom. The van der Waals surface area contributed by atoms with Gasteiger partial charge in [-0.2, -0.15) is 11.3 Å². The van der Waals surface area contributed by atoms with E-state index in [4.69, 9.17) is 0 Å². The van der Waals surface area contributed by atoms with Gasteiger partial charge in [-0.15, -0.1) is 0 Å². The molecule has 0 saturated carbocycles. The predicted molar refractivity (Wildman–Crippen MR) is 110 cm³/mol. The van der Waals surface area contributed by atoms with E-state index in [-0.39, 0.29) is 12.5 Å². The number of aromatic nitrogens is 1. The number of carbonyl (C=O) groups excluding carboxylic acids is 1. The number of aliphatic hydroxyl groups is 1. The van der Waals surface area contributed by atoms with Crippen LogP contribution in [-0.4, -0.2) is 22.1 Å². The Labute approximate surface area is 161 Å². The van der Waals surface area contributed by atoms with Gasteiger partial charge in [-0.25, -0.2) is 0 Å². The van der Waals surface area contributed by atoms with Crippen LogP contribution in [0.2, 0.25) is 0 Å². The third kappa shape index (κ3) is 3.65. The van der Waals surface area contributed by atoms with Crippen molar-refractivity contribution in [2.75, 3.05) is 6.54 Å². The Kier molecular flexibility index (Phi) is 4.79. The largest absolute Gasteiger partial charge is 0.387 e. The highest BCUT2D eigenvalue weighted by Gasteiger charge is 2.12. The summed E-state index contributed by atoms with van der Waals surface area (Å²) in [7, 11) is 1.99. The van der Waals surface area contributed by atoms with Crippen molar-refractivity contribution < 1.29 is 9.90 Å². The van der Waals surface area contributed by atoms with Crippen molar-refractivity contribution in [1.29, 1.82) is 0 Å². The molecule has 1 atom stereocenters. The molecule has 2 heterocycles. The Morgan fingerprint density at radius 3 is 2.67 bits per heavy atom. The van der Waals surface area contributed by atoms with Crippen LogP contribution >= 0.6 is 11.3 Å². The molecule has 0 spiro atoms. The van der Waals surface area contributed by atoms with Gasteiger partial charge in [0.2, 0.25) is 0 Å². The van der Waals surface area contributed by atoms with Crippen LogP contribution in [0.25, 0.3) is 22.0 Å². The normalized spacial score (nSPS) is 12.2. The molecule has 2 N–H and O–H groups in total. The summed E-state index contributed by atoms with van der Waals surface area (Å²) in [5, 5.41) is 18.4. The molecule has 0 saturated heterocycles. The second-order valence-corrected chi connectivity index (χ2v) is 7.34. The zero-order valence-electron chi connectivity index (χ0n) is 14.9. The summed E-state index contributed by atoms with van der Waals surface area (Å²) < 4.78 is 2.03. The van der Waals surface area contributed by atoms with E-state index in [9.17, 15) is 9.90 Å². The number of aliphatic hydroxyl groups excluding tert-OH is 1. The highest BCUT2D eigenvalue weighted by atomic mass is 32.1. The van der Waals surface area contributed by atoms with Gasteiger partial charge in [-0.1, -0.05) is 18.2 Å². The zero-order valence-corrected chi connectivity index (χ0v) is 15.7. The molecule has 27 heavy (non-hydrogen) atoms. The molecule has 5 heteroatoms. The molecular weight excluding hydrogens is 356 g/mol. The molecule has 4 aromatic rings. The minimum Gasteiger partial charge on any atom is -0.387 e. The van der Waals surface area contributed by atoms with Gasteiger partial charge in [0.05, 0.1) is 6.10 Å². The monoisotopic (exact) mass is 376 g/mol. The van der Waals surface area contributed by atoms with Crippen molar-refractivity contribution >= 4 is 28.1 Å². The van der Waals surface area contributed by atoms with Crippen LogP contribution in [0.3, 0.4) is 0 Å². The van der Waals surface area contributed by atoms with Crippen LogP contribution in [0, 0.1) is 0 Å². The first-order chi connectivity index (χ1) is 13.1. The van der Waals surface area contributed by atoms with Crippen LogP contribution in [0.4, 0.5) is 0 Å². The predicted octanol–water partition coefficient (Wildman–Crippen LogP) is 4.37. The molecule has 0 aliphatic heterocycles. The number of benzene rings is 2. The summed E-state index contributed by atoms with van der Waals surface area (Å²) in [4.78, 5) is 12.4. The lowest BCUT2D eigenvalue weighted by Crippen LogP contribution is -2.28. The van der Waals surface area contributed by atoms with Crippen molar-refractivity contribution in [1.82, 2.24) is 9.88 Å². The molecule has 0 fully saturated rings. The average molecular weight is 376 g/mol. The van der Waals surface area contributed by atoms with Crippen LogP contribution in [0.5, 0.6) is 0 Å². The molecule has 4 nitrogen and oxygen atoms in total. The number of aryl methyl sites for hydroxylation is 1. The van der Waals surface area contributed by atoms with Crippen molar-refractivity contribution in [3.8, 4) is 11.1 Å². The molecule has 2 aromatic heterocycles. The molecular formula is C22H20N2O2S. The minimum absolute atomic E-state index is 0.170. The van der Waals surface area contributed by atoms with E-state index in [1.807, 2.05) is 71.7 Å². The summed E-state index contributed by atoms with van der Waals surface area (Å²) in [6.45, 7) is 0.170. The SMILES string of the molecule is Cn1ccc2cc(C(O)CNC(=O)c3ccc(-c4ccsc4)cc3)ccc21. The first-order valence-corrected chi connectivity index (χ1v) is 9.70. The fourth-order valence-corrected chi connectivity index (χ4v) is 3.82. The van der Waals surface area contributed by atoms with E-state index in [1.54, 1.807) is 11.3 Å². The van der Waals surface area contributed by atoms with Gasteiger partial charge in [-0.05, 0) is 69.2 Å². The molecule has 0 radical (unpaired) electrons. The van der Waals surface area contributed by atoms with Gasteiger partial charge < -0.3 is 15.0 Å². The van der Waals surface area contributed by atoms with Gasteiger partial charge in [0.15, 0.2) is 0 Å². The lowest BCUT2D eigenvalue weighted by molar-refractivity contribution is 0.0916. The Morgan fingerprint density at radius 1 is 1.11 bits per heavy atom. The lowest BCUT2D eigenvalue weighted by Gasteiger charge is -2.13. The lowest BCUT2D eigenvalue weighted by atomic mass is 10.1. The maximum Gasteiger partial charge on any atom is 0.251 e. The summed E-state index contributed by atoms with van der Waals surface area (Å²) in [6.07, 6.45) is 1.24. The summed E-state index contributed by atoms with van der Waals surface area (Å²) in [6, 6.07) is 17.4. The van der Waals surface area contributed by atoms with Gasteiger partial charge in [0.25, 0.3) is 5.91 Å². The first-order valence-electron chi connectivity index (χ1n) is 8.76. The molecule has 1 amide bonds. The van der Waals surface area contributed by atoms with Gasteiger partial charge in [0.1, 0.15) is 0 Å². The topological polar surface area (TPSA) is 54.3 Å². The highest BCUT2D eigenvalue weighted by Crippen LogP contribution is 2.23. The number of hydrogen-bond donors (Lipinski definition) is 2. The van der Waals surface area contributed by atoms with Crippen LogP contribution in [0.15, 0.2) is 71.6 Å². The van der Waals surface area contributed by atoms with E-state index in [0.717, 1.165) is 27.6 Å². The highest BCUT2D eigenvalue weighted by molar-refractivity contribution is 7.08. The number of thiophene rings is 1. The van der Waals surface area contributed by atoms with E-state index in [1.165, 1.54) is 0 Å². The maximum absolute atomic E-state index is 12.4. The summed E-state index contributed by atoms with van der Waals surface area (Å²) in [5.74, 6) is -0.188. The number of amides is 1. The van der Waals surface area contributed by atoms with Crippen molar-refractivity contribution in [2.24, 2.45) is 7.05 Å². The molecule has 0 bridgehead atoms. The third-order valence-electron chi connectivity index (χ3n) is 4.75. The zero-order chi connectivity index (χ0) is 18.8. The summed E-state index contributed by atoms with van der Waals surface area (Å²) in [5.41, 5.74) is 4.73. The van der Waals surface area contributed by atoms with Gasteiger partial charge in [0, 0.05) is 30.9 Å². The average Bonchev–Trinajstić information content (AvgIpc) is 3.36. The molecule has 2 aromatic carbocycles. The van der Waals surface area contributed by atoms with Crippen LogP contribution < -0.4 is 5.32 Å². The molecule has 4 rings (SSSR count). The van der Waals surface area contributed by atoms with E-state index >= 15 is 0 Å². The Balaban J connectivity index is 1.40. The minimum atomic E-state index is -0.747. The quantitative estimate of drug-likeness (QED) is 0.543. The second-order valence-electron chi connectivity index (χ2n) is 6.56. The molecule has 1 unspecified atom stereocenters. The Hall–Kier alpha value is -2.89. The van der Waals surface area contributed by atoms with Crippen LogP contribution in [0.1, 0.15) is 22.0 Å². The number of hydrogen-bond acceptors (Lipinski definition) is 3. The fourth-order valence-electron chi connectivity index (χ4n) is 3.16. The molecule has 0 aliphatic rings. The molecule has 136 valence electrons. The molecule has 0 aliphatic carbocycles. The number of nitrogens with one attached hydrogen (secondary N) is 1. The maximum atomic E-state index is 12.4. The summed E-state index contributed by atoms with van der Waals surface area (Å²) >= 11 is 1.65. The Bertz CT molecular complexity index is 1070. The standard InChI is InChI=1S/C22H20N2O2S/c1-24-10-8-17-12-18(6-7-20(17)24)21(25)13-23-22(26)16-4-2-15(3-5-16)19-9-11-27-14-19/h2-12,14,21,25H,13H2,1H3,(H,23,26). The van der Waals surface area contributed by atoms with E-state index in [2.05, 4.69) is 16.8 Å². The first kappa shape index (κ1) is 17.5. The van der Waals surface area contributed by atoms with E-state index < -0.39 is 6.10 Å². The van der Waals surface area contributed by atoms with Gasteiger partial charge >= 0.3 is 0 Å². The number of rotatable bonds is 5. The number of nitrogens with zero attached hydrogens (tertiary/aromatic N) is 1. The third-order valence-corrected chi connectivity index (χ3v) is 5.43. The van der Waals surface area contributed by atoms with Crippen molar-refractivity contribution in [2.45, 2.75) is 6.10 Å². The van der Waals surface area contributed by atoms with Gasteiger partial charge in [-0.3, -0.25) is 4.79 Å². The number of carbonyl (C=O) groups is 1. The second kappa shape index (κ2) is 7.39. The number of fused-ring (bicyclic) bond motifs is 1. The van der Waals surface area contributed by atoms with Crippen molar-refractivity contribution in [3.05, 3.63) is 82.7 Å². The smallest absolute Gasteiger partial charge is 0.251 e. The van der Waals surface area contributed by atoms with E-state index in [0.29, 0.717) is 5.56 Å². The fraction of sp³-hybridized carbons (Fsp3) is 0.136.